The molecule has 1 saturated heterocycles. The van der Waals surface area contributed by atoms with Crippen LogP contribution in [0.15, 0.2) is 53.0 Å². The monoisotopic (exact) mass is 464 g/mol. The molecule has 2 aliphatic heterocycles. The molecule has 0 unspecified atom stereocenters. The van der Waals surface area contributed by atoms with Crippen molar-refractivity contribution in [1.29, 1.82) is 5.41 Å². The summed E-state index contributed by atoms with van der Waals surface area (Å²) in [5.74, 6) is 0.722. The van der Waals surface area contributed by atoms with Gasteiger partial charge in [-0.2, -0.15) is 4.99 Å². The highest BCUT2D eigenvalue weighted by Gasteiger charge is 2.32. The molecule has 2 aromatic carbocycles. The van der Waals surface area contributed by atoms with E-state index in [0.717, 1.165) is 41.9 Å². The van der Waals surface area contributed by atoms with Crippen LogP contribution in [0.25, 0.3) is 6.08 Å². The van der Waals surface area contributed by atoms with Crippen LogP contribution in [0.3, 0.4) is 0 Å². The number of hydrazine groups is 1. The van der Waals surface area contributed by atoms with Gasteiger partial charge in [0.1, 0.15) is 18.1 Å². The average molecular weight is 465 g/mol. The first-order valence-electron chi connectivity index (χ1n) is 11.2. The number of amides is 1. The van der Waals surface area contributed by atoms with Gasteiger partial charge in [0.15, 0.2) is 5.84 Å². The van der Waals surface area contributed by atoms with Crippen molar-refractivity contribution in [2.75, 3.05) is 43.3 Å². The lowest BCUT2D eigenvalue weighted by Gasteiger charge is -2.43. The van der Waals surface area contributed by atoms with Crippen LogP contribution in [0.2, 0.25) is 0 Å². The third kappa shape index (κ3) is 4.94. The van der Waals surface area contributed by atoms with Crippen LogP contribution in [-0.4, -0.2) is 55.9 Å². The Hall–Kier alpha value is -3.72. The Kier molecular flexibility index (Phi) is 6.93. The zero-order valence-electron chi connectivity index (χ0n) is 19.4. The van der Waals surface area contributed by atoms with E-state index in [2.05, 4.69) is 4.99 Å². The normalized spacial score (nSPS) is 16.9. The van der Waals surface area contributed by atoms with Crippen molar-refractivity contribution >= 4 is 34.9 Å². The lowest BCUT2D eigenvalue weighted by molar-refractivity contribution is -0.117. The van der Waals surface area contributed by atoms with Crippen LogP contribution in [0.5, 0.6) is 5.75 Å². The highest BCUT2D eigenvalue weighted by Crippen LogP contribution is 2.32. The average Bonchev–Trinajstić information content (AvgIpc) is 2.83. The summed E-state index contributed by atoms with van der Waals surface area (Å²) in [4.78, 5) is 18.7. The van der Waals surface area contributed by atoms with E-state index < -0.39 is 0 Å². The summed E-state index contributed by atoms with van der Waals surface area (Å²) in [7, 11) is 1.61. The van der Waals surface area contributed by atoms with Crippen LogP contribution in [-0.2, 0) is 4.79 Å². The maximum atomic E-state index is 13.4. The highest BCUT2D eigenvalue weighted by atomic mass is 19.1. The second kappa shape index (κ2) is 10.0. The van der Waals surface area contributed by atoms with Crippen molar-refractivity contribution in [3.05, 3.63) is 59.4 Å². The molecule has 0 atom stereocenters. The zero-order valence-corrected chi connectivity index (χ0v) is 19.4. The van der Waals surface area contributed by atoms with Gasteiger partial charge in [-0.25, -0.2) is 4.39 Å². The number of hydrogen-bond donors (Lipinski definition) is 2. The van der Waals surface area contributed by atoms with E-state index in [1.807, 2.05) is 39.2 Å². The van der Waals surface area contributed by atoms with Crippen LogP contribution >= 0.6 is 0 Å². The lowest BCUT2D eigenvalue weighted by atomic mass is 10.00. The number of methoxy groups -OCH3 is 1. The number of piperidine rings is 1. The smallest absolute Gasteiger partial charge is 0.269 e. The van der Waals surface area contributed by atoms with Crippen molar-refractivity contribution in [3.63, 3.8) is 0 Å². The van der Waals surface area contributed by atoms with Gasteiger partial charge in [0.05, 0.1) is 31.7 Å². The molecule has 0 bridgehead atoms. The SMILES string of the molecule is COc1cc(C=C2CCCN3C2=NC(=O)CN3c2ccc(F)cc2)ccc1N(CN)CC(C)=N. The van der Waals surface area contributed by atoms with Crippen molar-refractivity contribution in [2.45, 2.75) is 19.8 Å². The number of ether oxygens (including phenoxy) is 1. The van der Waals surface area contributed by atoms with Crippen molar-refractivity contribution in [1.82, 2.24) is 5.01 Å². The van der Waals surface area contributed by atoms with Crippen molar-refractivity contribution in [2.24, 2.45) is 10.7 Å². The van der Waals surface area contributed by atoms with E-state index in [-0.39, 0.29) is 24.9 Å². The number of fused-ring (bicyclic) bond motifs is 1. The Morgan fingerprint density at radius 1 is 1.26 bits per heavy atom. The van der Waals surface area contributed by atoms with Gasteiger partial charge < -0.3 is 20.8 Å². The Labute approximate surface area is 198 Å². The van der Waals surface area contributed by atoms with Crippen LogP contribution in [0.4, 0.5) is 15.8 Å². The number of rotatable bonds is 7. The highest BCUT2D eigenvalue weighted by molar-refractivity contribution is 6.11. The standard InChI is InChI=1S/C25H29FN6O2/c1-17(28)14-30(16-27)22-10-5-18(13-23(22)34-2)12-19-4-3-11-31-25(19)29-24(33)15-32(31)21-8-6-20(26)7-9-21/h5-10,12-13,28H,3-4,11,14-16,27H2,1-2H3. The third-order valence-corrected chi connectivity index (χ3v) is 5.81. The molecule has 0 radical (unpaired) electrons. The van der Waals surface area contributed by atoms with E-state index in [1.165, 1.54) is 12.1 Å². The van der Waals surface area contributed by atoms with E-state index in [0.29, 0.717) is 23.8 Å². The molecule has 34 heavy (non-hydrogen) atoms. The Morgan fingerprint density at radius 2 is 2.03 bits per heavy atom. The van der Waals surface area contributed by atoms with Gasteiger partial charge in [0, 0.05) is 12.3 Å². The number of nitrogens with one attached hydrogen (secondary N) is 1. The van der Waals surface area contributed by atoms with Gasteiger partial charge >= 0.3 is 0 Å². The number of carbonyl (C=O) groups excluding carboxylic acids is 1. The van der Waals surface area contributed by atoms with Crippen LogP contribution in [0, 0.1) is 11.2 Å². The summed E-state index contributed by atoms with van der Waals surface area (Å²) < 4.78 is 19.0. The van der Waals surface area contributed by atoms with Gasteiger partial charge in [-0.3, -0.25) is 14.8 Å². The number of hydrogen-bond acceptors (Lipinski definition) is 7. The molecular formula is C25H29FN6O2. The fourth-order valence-corrected chi connectivity index (χ4v) is 4.30. The number of amidine groups is 1. The predicted molar refractivity (Wildman–Crippen MR) is 133 cm³/mol. The first-order valence-corrected chi connectivity index (χ1v) is 11.2. The topological polar surface area (TPSA) is 98.2 Å². The molecule has 3 N–H and O–H groups in total. The molecule has 1 fully saturated rings. The number of halogens is 1. The summed E-state index contributed by atoms with van der Waals surface area (Å²) in [6, 6.07) is 12.0. The maximum Gasteiger partial charge on any atom is 0.269 e. The molecule has 2 aliphatic rings. The molecule has 4 rings (SSSR count). The Balaban J connectivity index is 1.66. The summed E-state index contributed by atoms with van der Waals surface area (Å²) in [6.07, 6.45) is 3.70. The fraction of sp³-hybridized carbons (Fsp3) is 0.320. The second-order valence-electron chi connectivity index (χ2n) is 8.35. The minimum Gasteiger partial charge on any atom is -0.495 e. The first-order chi connectivity index (χ1) is 16.4. The van der Waals surface area contributed by atoms with Crippen LogP contribution < -0.4 is 20.4 Å². The summed E-state index contributed by atoms with van der Waals surface area (Å²) in [6.45, 7) is 3.26. The molecule has 8 nitrogen and oxygen atoms in total. The van der Waals surface area contributed by atoms with E-state index >= 15 is 0 Å². The number of anilines is 2. The summed E-state index contributed by atoms with van der Waals surface area (Å²) in [5.41, 5.74) is 9.84. The van der Waals surface area contributed by atoms with Gasteiger partial charge in [-0.05, 0) is 73.4 Å². The van der Waals surface area contributed by atoms with Crippen molar-refractivity contribution in [3.8, 4) is 5.75 Å². The quantitative estimate of drug-likeness (QED) is 0.481. The maximum absolute atomic E-state index is 13.4. The minimum absolute atomic E-state index is 0.117. The van der Waals surface area contributed by atoms with Gasteiger partial charge in [0.25, 0.3) is 5.91 Å². The molecule has 178 valence electrons. The molecule has 1 amide bonds. The van der Waals surface area contributed by atoms with E-state index in [1.54, 1.807) is 26.2 Å². The zero-order chi connectivity index (χ0) is 24.2. The molecule has 0 spiro atoms. The molecule has 0 aliphatic carbocycles. The summed E-state index contributed by atoms with van der Waals surface area (Å²) >= 11 is 0. The first kappa shape index (κ1) is 23.4. The van der Waals surface area contributed by atoms with Gasteiger partial charge in [-0.1, -0.05) is 6.07 Å². The predicted octanol–water partition coefficient (Wildman–Crippen LogP) is 3.44. The molecule has 9 heteroatoms. The van der Waals surface area contributed by atoms with Gasteiger partial charge in [-0.15, -0.1) is 0 Å². The number of carbonyl (C=O) groups is 1. The largest absolute Gasteiger partial charge is 0.495 e. The van der Waals surface area contributed by atoms with E-state index in [9.17, 15) is 9.18 Å². The van der Waals surface area contributed by atoms with Gasteiger partial charge in [0.2, 0.25) is 0 Å². The lowest BCUT2D eigenvalue weighted by Crippen LogP contribution is -2.55. The van der Waals surface area contributed by atoms with Crippen LogP contribution in [0.1, 0.15) is 25.3 Å². The van der Waals surface area contributed by atoms with E-state index in [4.69, 9.17) is 15.9 Å². The summed E-state index contributed by atoms with van der Waals surface area (Å²) in [5, 5.41) is 11.7. The number of nitrogens with zero attached hydrogens (tertiary/aromatic N) is 4. The fourth-order valence-electron chi connectivity index (χ4n) is 4.30. The minimum atomic E-state index is -0.318. The third-order valence-electron chi connectivity index (χ3n) is 5.81. The Morgan fingerprint density at radius 3 is 2.71 bits per heavy atom. The number of nitrogens with two attached hydrogens (primary N) is 1. The molecule has 2 aromatic rings. The van der Waals surface area contributed by atoms with Crippen molar-refractivity contribution < 1.29 is 13.9 Å². The molecule has 2 heterocycles. The number of benzene rings is 2. The molecule has 0 saturated carbocycles. The Bertz CT molecular complexity index is 1140. The second-order valence-corrected chi connectivity index (χ2v) is 8.35. The number of aliphatic imine (C=N–C) groups is 1. The molecule has 0 aromatic heterocycles. The molecular weight excluding hydrogens is 435 g/mol.